The van der Waals surface area contributed by atoms with Gasteiger partial charge in [0.2, 0.25) is 11.7 Å². The second-order valence-corrected chi connectivity index (χ2v) is 7.39. The molecule has 7 heteroatoms. The number of aromatic nitrogens is 2. The summed E-state index contributed by atoms with van der Waals surface area (Å²) in [5.74, 6) is 2.01. The van der Waals surface area contributed by atoms with Crippen molar-refractivity contribution in [3.63, 3.8) is 0 Å². The van der Waals surface area contributed by atoms with Crippen molar-refractivity contribution in [1.82, 2.24) is 15.0 Å². The van der Waals surface area contributed by atoms with Crippen LogP contribution < -0.4 is 9.64 Å². The van der Waals surface area contributed by atoms with Crippen molar-refractivity contribution in [1.29, 1.82) is 0 Å². The molecule has 2 heterocycles. The number of nitrogens with zero attached hydrogens (tertiary/aromatic N) is 4. The molecule has 0 radical (unpaired) electrons. The predicted octanol–water partition coefficient (Wildman–Crippen LogP) is 3.34. The molecule has 1 aromatic heterocycles. The minimum Gasteiger partial charge on any atom is -0.484 e. The van der Waals surface area contributed by atoms with E-state index in [2.05, 4.69) is 27.2 Å². The minimum atomic E-state index is 0.0235. The number of benzene rings is 2. The zero-order valence-electron chi connectivity index (χ0n) is 17.4. The molecule has 7 nitrogen and oxygen atoms in total. The van der Waals surface area contributed by atoms with Crippen LogP contribution in [0.1, 0.15) is 18.4 Å². The predicted molar refractivity (Wildman–Crippen MR) is 115 cm³/mol. The molecule has 0 N–H and O–H groups in total. The average molecular weight is 406 g/mol. The molecular formula is C23H26N4O3. The number of amides is 1. The first kappa shape index (κ1) is 19.9. The summed E-state index contributed by atoms with van der Waals surface area (Å²) in [6.07, 6.45) is 0.726. The van der Waals surface area contributed by atoms with Gasteiger partial charge in [-0.15, -0.1) is 0 Å². The van der Waals surface area contributed by atoms with E-state index in [-0.39, 0.29) is 12.5 Å². The van der Waals surface area contributed by atoms with Gasteiger partial charge in [0, 0.05) is 43.9 Å². The average Bonchev–Trinajstić information content (AvgIpc) is 3.27. The summed E-state index contributed by atoms with van der Waals surface area (Å²) in [5, 5.41) is 4.02. The monoisotopic (exact) mass is 406 g/mol. The first-order chi connectivity index (χ1) is 14.6. The summed E-state index contributed by atoms with van der Waals surface area (Å²) < 4.78 is 10.8. The maximum absolute atomic E-state index is 12.5. The molecule has 0 atom stereocenters. The van der Waals surface area contributed by atoms with Crippen LogP contribution in [0.5, 0.6) is 5.75 Å². The quantitative estimate of drug-likeness (QED) is 0.625. The Morgan fingerprint density at radius 2 is 1.87 bits per heavy atom. The smallest absolute Gasteiger partial charge is 0.260 e. The molecule has 4 rings (SSSR count). The van der Waals surface area contributed by atoms with E-state index in [1.807, 2.05) is 55.1 Å². The van der Waals surface area contributed by atoms with Gasteiger partial charge in [-0.2, -0.15) is 4.98 Å². The van der Waals surface area contributed by atoms with Crippen molar-refractivity contribution in [2.45, 2.75) is 20.3 Å². The Hall–Kier alpha value is -3.35. The summed E-state index contributed by atoms with van der Waals surface area (Å²) in [7, 11) is 0. The van der Waals surface area contributed by atoms with E-state index in [1.165, 1.54) is 0 Å². The summed E-state index contributed by atoms with van der Waals surface area (Å²) >= 11 is 0. The first-order valence-electron chi connectivity index (χ1n) is 10.3. The van der Waals surface area contributed by atoms with Gasteiger partial charge in [0.25, 0.3) is 5.91 Å². The number of rotatable bonds is 6. The highest BCUT2D eigenvalue weighted by molar-refractivity contribution is 5.78. The molecule has 0 saturated carbocycles. The second kappa shape index (κ2) is 8.98. The van der Waals surface area contributed by atoms with Crippen molar-refractivity contribution < 1.29 is 14.1 Å². The van der Waals surface area contributed by atoms with E-state index < -0.39 is 0 Å². The standard InChI is InChI=1S/C23H26N4O3/c1-3-21-24-23(25-30-21)18-7-9-19(10-8-18)26-11-13-27(14-12-26)22(28)16-29-20-6-4-5-17(2)15-20/h4-10,15H,3,11-14,16H2,1-2H3. The lowest BCUT2D eigenvalue weighted by Gasteiger charge is -2.36. The highest BCUT2D eigenvalue weighted by Crippen LogP contribution is 2.22. The third-order valence-corrected chi connectivity index (χ3v) is 5.25. The van der Waals surface area contributed by atoms with Crippen LogP contribution in [-0.4, -0.2) is 53.7 Å². The maximum Gasteiger partial charge on any atom is 0.260 e. The van der Waals surface area contributed by atoms with Gasteiger partial charge < -0.3 is 19.1 Å². The lowest BCUT2D eigenvalue weighted by atomic mass is 10.1. The van der Waals surface area contributed by atoms with Gasteiger partial charge in [0.1, 0.15) is 5.75 Å². The molecule has 1 aliphatic rings. The fraction of sp³-hybridized carbons (Fsp3) is 0.348. The Morgan fingerprint density at radius 1 is 1.10 bits per heavy atom. The molecule has 156 valence electrons. The number of hydrogen-bond donors (Lipinski definition) is 0. The van der Waals surface area contributed by atoms with Crippen LogP contribution >= 0.6 is 0 Å². The van der Waals surface area contributed by atoms with Crippen molar-refractivity contribution in [3.8, 4) is 17.1 Å². The van der Waals surface area contributed by atoms with Gasteiger partial charge in [-0.1, -0.05) is 24.2 Å². The van der Waals surface area contributed by atoms with Gasteiger partial charge in [-0.3, -0.25) is 4.79 Å². The third-order valence-electron chi connectivity index (χ3n) is 5.25. The lowest BCUT2D eigenvalue weighted by Crippen LogP contribution is -2.50. The van der Waals surface area contributed by atoms with Crippen LogP contribution in [0.15, 0.2) is 53.1 Å². The maximum atomic E-state index is 12.5. The Labute approximate surface area is 176 Å². The first-order valence-corrected chi connectivity index (χ1v) is 10.3. The zero-order valence-corrected chi connectivity index (χ0v) is 17.4. The van der Waals surface area contributed by atoms with Crippen LogP contribution in [0.3, 0.4) is 0 Å². The minimum absolute atomic E-state index is 0.0235. The molecule has 3 aromatic rings. The van der Waals surface area contributed by atoms with Crippen molar-refractivity contribution in [2.75, 3.05) is 37.7 Å². The number of ether oxygens (including phenoxy) is 1. The molecule has 0 bridgehead atoms. The fourth-order valence-corrected chi connectivity index (χ4v) is 3.49. The van der Waals surface area contributed by atoms with Gasteiger partial charge in [0.05, 0.1) is 0 Å². The van der Waals surface area contributed by atoms with Crippen molar-refractivity contribution >= 4 is 11.6 Å². The fourth-order valence-electron chi connectivity index (χ4n) is 3.49. The Balaban J connectivity index is 1.29. The van der Waals surface area contributed by atoms with E-state index >= 15 is 0 Å². The Morgan fingerprint density at radius 3 is 2.53 bits per heavy atom. The van der Waals surface area contributed by atoms with Crippen LogP contribution in [0, 0.1) is 6.92 Å². The topological polar surface area (TPSA) is 71.7 Å². The molecule has 0 aliphatic carbocycles. The molecule has 1 aliphatic heterocycles. The molecule has 30 heavy (non-hydrogen) atoms. The normalized spacial score (nSPS) is 14.1. The van der Waals surface area contributed by atoms with Crippen LogP contribution in [0.25, 0.3) is 11.4 Å². The van der Waals surface area contributed by atoms with Crippen LogP contribution in [-0.2, 0) is 11.2 Å². The number of carbonyl (C=O) groups excluding carboxylic acids is 1. The van der Waals surface area contributed by atoms with E-state index in [0.29, 0.717) is 24.8 Å². The van der Waals surface area contributed by atoms with E-state index in [9.17, 15) is 4.79 Å². The Kier molecular flexibility index (Phi) is 5.97. The second-order valence-electron chi connectivity index (χ2n) is 7.39. The Bertz CT molecular complexity index is 992. The third kappa shape index (κ3) is 4.62. The largest absolute Gasteiger partial charge is 0.484 e. The van der Waals surface area contributed by atoms with Crippen molar-refractivity contribution in [2.24, 2.45) is 0 Å². The van der Waals surface area contributed by atoms with Gasteiger partial charge >= 0.3 is 0 Å². The molecular weight excluding hydrogens is 380 g/mol. The molecule has 1 saturated heterocycles. The highest BCUT2D eigenvalue weighted by Gasteiger charge is 2.22. The van der Waals surface area contributed by atoms with E-state index in [4.69, 9.17) is 9.26 Å². The molecule has 0 unspecified atom stereocenters. The molecule has 2 aromatic carbocycles. The summed E-state index contributed by atoms with van der Waals surface area (Å²) in [4.78, 5) is 21.0. The number of carbonyl (C=O) groups is 1. The van der Waals surface area contributed by atoms with Gasteiger partial charge in [0.15, 0.2) is 6.61 Å². The van der Waals surface area contributed by atoms with Gasteiger partial charge in [-0.25, -0.2) is 0 Å². The molecule has 0 spiro atoms. The van der Waals surface area contributed by atoms with E-state index in [0.717, 1.165) is 42.1 Å². The highest BCUT2D eigenvalue weighted by atomic mass is 16.5. The van der Waals surface area contributed by atoms with E-state index in [1.54, 1.807) is 0 Å². The van der Waals surface area contributed by atoms with Crippen molar-refractivity contribution in [3.05, 3.63) is 60.0 Å². The van der Waals surface area contributed by atoms with Gasteiger partial charge in [-0.05, 0) is 48.9 Å². The van der Waals surface area contributed by atoms with Crippen LogP contribution in [0.2, 0.25) is 0 Å². The number of piperazine rings is 1. The number of hydrogen-bond acceptors (Lipinski definition) is 6. The molecule has 1 fully saturated rings. The summed E-state index contributed by atoms with van der Waals surface area (Å²) in [6, 6.07) is 15.9. The lowest BCUT2D eigenvalue weighted by molar-refractivity contribution is -0.133. The summed E-state index contributed by atoms with van der Waals surface area (Å²) in [5.41, 5.74) is 3.18. The SMILES string of the molecule is CCc1nc(-c2ccc(N3CCN(C(=O)COc4cccc(C)c4)CC3)cc2)no1. The zero-order chi connectivity index (χ0) is 20.9. The number of anilines is 1. The molecule has 1 amide bonds. The van der Waals surface area contributed by atoms with Crippen LogP contribution in [0.4, 0.5) is 5.69 Å². The summed E-state index contributed by atoms with van der Waals surface area (Å²) in [6.45, 7) is 7.01. The number of aryl methyl sites for hydroxylation is 2.